The predicted octanol–water partition coefficient (Wildman–Crippen LogP) is 4.41. The molecule has 0 aromatic rings. The Morgan fingerprint density at radius 1 is 0.941 bits per heavy atom. The third-order valence-corrected chi connectivity index (χ3v) is 2.65. The second kappa shape index (κ2) is 4.24. The molecule has 0 N–H and O–H groups in total. The normalized spacial score (nSPS) is 19.5. The molecule has 0 fully saturated rings. The molecule has 2 aliphatic rings. The van der Waals surface area contributed by atoms with Crippen molar-refractivity contribution < 1.29 is 13.2 Å². The van der Waals surface area contributed by atoms with E-state index in [-0.39, 0.29) is 0 Å². The molecule has 0 nitrogen and oxygen atoms in total. The van der Waals surface area contributed by atoms with Crippen LogP contribution in [0.25, 0.3) is 0 Å². The lowest BCUT2D eigenvalue weighted by atomic mass is 10.0. The monoisotopic (exact) mass is 236 g/mol. The van der Waals surface area contributed by atoms with Gasteiger partial charge in [-0.1, -0.05) is 36.5 Å². The lowest BCUT2D eigenvalue weighted by Gasteiger charge is -2.08. The van der Waals surface area contributed by atoms with Crippen LogP contribution in [0.3, 0.4) is 0 Å². The summed E-state index contributed by atoms with van der Waals surface area (Å²) in [5.41, 5.74) is 1.74. The van der Waals surface area contributed by atoms with E-state index in [1.54, 1.807) is 18.2 Å². The fraction of sp³-hybridized carbons (Fsp3) is 0.143. The molecule has 0 saturated carbocycles. The van der Waals surface area contributed by atoms with Crippen LogP contribution < -0.4 is 0 Å². The molecule has 0 saturated heterocycles. The van der Waals surface area contributed by atoms with Crippen LogP contribution in [0.1, 0.15) is 6.92 Å². The second-order valence-corrected chi connectivity index (χ2v) is 3.89. The van der Waals surface area contributed by atoms with Crippen molar-refractivity contribution in [1.29, 1.82) is 0 Å². The maximum Gasteiger partial charge on any atom is 0.416 e. The SMILES string of the molecule is CC1=C2C=CC=C(C(F)(F)F)C=C2C=CC=C1. The van der Waals surface area contributed by atoms with Crippen molar-refractivity contribution in [1.82, 2.24) is 0 Å². The van der Waals surface area contributed by atoms with Gasteiger partial charge >= 0.3 is 6.18 Å². The molecule has 0 atom stereocenters. The summed E-state index contributed by atoms with van der Waals surface area (Å²) in [6.07, 6.45) is 8.26. The fourth-order valence-corrected chi connectivity index (χ4v) is 1.76. The number of hydrogen-bond donors (Lipinski definition) is 0. The van der Waals surface area contributed by atoms with Gasteiger partial charge < -0.3 is 0 Å². The van der Waals surface area contributed by atoms with Crippen molar-refractivity contribution in [2.24, 2.45) is 0 Å². The molecular weight excluding hydrogens is 225 g/mol. The summed E-state index contributed by atoms with van der Waals surface area (Å²) in [5, 5.41) is 0. The lowest BCUT2D eigenvalue weighted by Crippen LogP contribution is -2.09. The molecule has 0 unspecified atom stereocenters. The Balaban J connectivity index is 2.54. The van der Waals surface area contributed by atoms with Crippen molar-refractivity contribution in [3.05, 3.63) is 70.9 Å². The Bertz CT molecular complexity index is 506. The fourth-order valence-electron chi connectivity index (χ4n) is 1.76. The zero-order chi connectivity index (χ0) is 12.5. The van der Waals surface area contributed by atoms with Crippen molar-refractivity contribution in [3.63, 3.8) is 0 Å². The number of halogens is 3. The van der Waals surface area contributed by atoms with Crippen molar-refractivity contribution >= 4 is 0 Å². The zero-order valence-electron chi connectivity index (χ0n) is 9.25. The minimum Gasteiger partial charge on any atom is -0.166 e. The van der Waals surface area contributed by atoms with Crippen molar-refractivity contribution in [2.45, 2.75) is 13.1 Å². The van der Waals surface area contributed by atoms with E-state index in [0.29, 0.717) is 5.57 Å². The molecular formula is C14H11F3. The minimum atomic E-state index is -4.31. The summed E-state index contributed by atoms with van der Waals surface area (Å²) in [4.78, 5) is 0. The molecule has 0 aromatic heterocycles. The summed E-state index contributed by atoms with van der Waals surface area (Å²) in [6, 6.07) is 0. The molecule has 0 spiro atoms. The molecule has 0 radical (unpaired) electrons. The van der Waals surface area contributed by atoms with Gasteiger partial charge in [0.25, 0.3) is 0 Å². The van der Waals surface area contributed by atoms with Crippen LogP contribution in [0.15, 0.2) is 70.9 Å². The molecule has 0 bridgehead atoms. The highest BCUT2D eigenvalue weighted by Gasteiger charge is 2.32. The Labute approximate surface area is 97.8 Å². The first-order valence-corrected chi connectivity index (χ1v) is 5.22. The van der Waals surface area contributed by atoms with E-state index < -0.39 is 11.7 Å². The summed E-state index contributed by atoms with van der Waals surface area (Å²) in [7, 11) is 0. The molecule has 0 amide bonds. The highest BCUT2D eigenvalue weighted by atomic mass is 19.4. The standard InChI is InChI=1S/C14H11F3/c1-10-5-2-3-6-11-9-12(14(15,16)17)7-4-8-13(10)11/h2-9H,1H3. The average Bonchev–Trinajstić information content (AvgIpc) is 2.52. The van der Waals surface area contributed by atoms with Crippen LogP contribution in [-0.4, -0.2) is 6.18 Å². The van der Waals surface area contributed by atoms with Crippen LogP contribution in [0.5, 0.6) is 0 Å². The van der Waals surface area contributed by atoms with Gasteiger partial charge in [-0.2, -0.15) is 13.2 Å². The Kier molecular flexibility index (Phi) is 2.92. The minimum absolute atomic E-state index is 0.588. The van der Waals surface area contributed by atoms with Gasteiger partial charge in [-0.3, -0.25) is 0 Å². The van der Waals surface area contributed by atoms with E-state index in [1.807, 2.05) is 19.1 Å². The van der Waals surface area contributed by atoms with E-state index >= 15 is 0 Å². The maximum absolute atomic E-state index is 12.7. The molecule has 88 valence electrons. The Hall–Kier alpha value is -1.77. The summed E-state index contributed by atoms with van der Waals surface area (Å²) < 4.78 is 38.0. The molecule has 3 heteroatoms. The quantitative estimate of drug-likeness (QED) is 0.584. The molecule has 2 aliphatic carbocycles. The summed E-state index contributed by atoms with van der Waals surface area (Å²) >= 11 is 0. The van der Waals surface area contributed by atoms with Crippen molar-refractivity contribution in [3.8, 4) is 0 Å². The van der Waals surface area contributed by atoms with E-state index in [9.17, 15) is 13.2 Å². The number of hydrogen-bond acceptors (Lipinski definition) is 0. The molecule has 0 aromatic carbocycles. The van der Waals surface area contributed by atoms with Gasteiger partial charge in [0.05, 0.1) is 5.57 Å². The first kappa shape index (κ1) is 11.7. The van der Waals surface area contributed by atoms with Gasteiger partial charge in [0, 0.05) is 0 Å². The third kappa shape index (κ3) is 2.49. The number of rotatable bonds is 0. The van der Waals surface area contributed by atoms with E-state index in [4.69, 9.17) is 0 Å². The van der Waals surface area contributed by atoms with Gasteiger partial charge in [-0.05, 0) is 35.8 Å². The Morgan fingerprint density at radius 3 is 2.35 bits per heavy atom. The highest BCUT2D eigenvalue weighted by Crippen LogP contribution is 2.32. The first-order chi connectivity index (χ1) is 7.98. The van der Waals surface area contributed by atoms with Crippen LogP contribution >= 0.6 is 0 Å². The van der Waals surface area contributed by atoms with Gasteiger partial charge in [0.15, 0.2) is 0 Å². The van der Waals surface area contributed by atoms with Gasteiger partial charge in [0.1, 0.15) is 0 Å². The molecule has 0 heterocycles. The number of alkyl halides is 3. The average molecular weight is 236 g/mol. The van der Waals surface area contributed by atoms with Crippen LogP contribution in [0, 0.1) is 0 Å². The largest absolute Gasteiger partial charge is 0.416 e. The highest BCUT2D eigenvalue weighted by molar-refractivity contribution is 5.58. The molecule has 0 aliphatic heterocycles. The van der Waals surface area contributed by atoms with Crippen molar-refractivity contribution in [2.75, 3.05) is 0 Å². The Morgan fingerprint density at radius 2 is 1.65 bits per heavy atom. The smallest absolute Gasteiger partial charge is 0.166 e. The zero-order valence-corrected chi connectivity index (χ0v) is 9.25. The maximum atomic E-state index is 12.7. The van der Waals surface area contributed by atoms with E-state index in [2.05, 4.69) is 0 Å². The lowest BCUT2D eigenvalue weighted by molar-refractivity contribution is -0.0882. The van der Waals surface area contributed by atoms with Crippen LogP contribution in [0.2, 0.25) is 0 Å². The second-order valence-electron chi connectivity index (χ2n) is 3.89. The van der Waals surface area contributed by atoms with Gasteiger partial charge in [0.2, 0.25) is 0 Å². The van der Waals surface area contributed by atoms with Crippen LogP contribution in [0.4, 0.5) is 13.2 Å². The van der Waals surface area contributed by atoms with E-state index in [1.165, 1.54) is 12.2 Å². The summed E-state index contributed by atoms with van der Waals surface area (Å²) in [5.74, 6) is 0. The molecule has 2 rings (SSSR count). The van der Waals surface area contributed by atoms with Crippen LogP contribution in [-0.2, 0) is 0 Å². The number of allylic oxidation sites excluding steroid dienone is 12. The first-order valence-electron chi connectivity index (χ1n) is 5.22. The van der Waals surface area contributed by atoms with E-state index in [0.717, 1.165) is 17.2 Å². The molecule has 17 heavy (non-hydrogen) atoms. The topological polar surface area (TPSA) is 0 Å². The predicted molar refractivity (Wildman–Crippen MR) is 62.3 cm³/mol. The number of fused-ring (bicyclic) bond motifs is 1. The summed E-state index contributed by atoms with van der Waals surface area (Å²) in [6.45, 7) is 1.88. The van der Waals surface area contributed by atoms with Gasteiger partial charge in [-0.25, -0.2) is 0 Å². The third-order valence-electron chi connectivity index (χ3n) is 2.65. The van der Waals surface area contributed by atoms with Gasteiger partial charge in [-0.15, -0.1) is 0 Å².